The number of likely N-dealkylation sites (N-methyl/N-ethyl adjacent to an activating group) is 2. The molecule has 0 aliphatic heterocycles. The molecule has 2 N–H and O–H groups in total. The summed E-state index contributed by atoms with van der Waals surface area (Å²) in [5, 5.41) is 8.76. The van der Waals surface area contributed by atoms with E-state index in [-0.39, 0.29) is 5.91 Å². The summed E-state index contributed by atoms with van der Waals surface area (Å²) in [4.78, 5) is 23.5. The fourth-order valence-electron chi connectivity index (χ4n) is 1.91. The van der Waals surface area contributed by atoms with Gasteiger partial charge in [-0.2, -0.15) is 4.98 Å². The van der Waals surface area contributed by atoms with E-state index < -0.39 is 0 Å². The molecular weight excluding hydrogens is 274 g/mol. The number of nitrogens with zero attached hydrogens (tertiary/aromatic N) is 3. The Balaban J connectivity index is 2.43. The monoisotopic (exact) mass is 293 g/mol. The molecule has 0 bridgehead atoms. The molecule has 2 rings (SSSR count). The molecule has 7 heteroatoms. The number of amides is 1. The third-order valence-corrected chi connectivity index (χ3v) is 3.74. The van der Waals surface area contributed by atoms with E-state index in [4.69, 9.17) is 0 Å². The average Bonchev–Trinajstić information content (AvgIpc) is 2.92. The molecule has 1 amide bonds. The van der Waals surface area contributed by atoms with Crippen molar-refractivity contribution in [3.8, 4) is 0 Å². The Hall–Kier alpha value is -1.89. The van der Waals surface area contributed by atoms with Gasteiger partial charge in [0, 0.05) is 20.1 Å². The van der Waals surface area contributed by atoms with Crippen molar-refractivity contribution in [2.75, 3.05) is 36.9 Å². The van der Waals surface area contributed by atoms with Crippen LogP contribution in [0.5, 0.6) is 0 Å². The first-order valence-electron chi connectivity index (χ1n) is 6.64. The number of rotatable bonds is 6. The molecule has 0 aliphatic carbocycles. The lowest BCUT2D eigenvalue weighted by atomic mass is 10.3. The van der Waals surface area contributed by atoms with Gasteiger partial charge in [0.25, 0.3) is 0 Å². The smallest absolute Gasteiger partial charge is 0.239 e. The Kier molecular flexibility index (Phi) is 4.73. The number of thiophene rings is 1. The molecule has 0 unspecified atom stereocenters. The van der Waals surface area contributed by atoms with Gasteiger partial charge in [-0.3, -0.25) is 4.79 Å². The molecule has 0 saturated carbocycles. The van der Waals surface area contributed by atoms with Crippen molar-refractivity contribution in [3.63, 3.8) is 0 Å². The van der Waals surface area contributed by atoms with Gasteiger partial charge in [-0.05, 0) is 25.3 Å². The van der Waals surface area contributed by atoms with Gasteiger partial charge in [-0.15, -0.1) is 11.3 Å². The molecule has 2 aromatic rings. The SMILES string of the molecule is CCNc1nc(N(CC)CC(=O)NC)c2ccsc2n1. The number of hydrogen-bond acceptors (Lipinski definition) is 6. The van der Waals surface area contributed by atoms with E-state index in [0.717, 1.165) is 22.6 Å². The number of carbonyl (C=O) groups is 1. The highest BCUT2D eigenvalue weighted by atomic mass is 32.1. The topological polar surface area (TPSA) is 70.2 Å². The zero-order valence-electron chi connectivity index (χ0n) is 11.9. The predicted molar refractivity (Wildman–Crippen MR) is 83.5 cm³/mol. The summed E-state index contributed by atoms with van der Waals surface area (Å²) < 4.78 is 0. The Morgan fingerprint density at radius 2 is 2.20 bits per heavy atom. The Bertz CT molecular complexity index is 597. The van der Waals surface area contributed by atoms with Crippen LogP contribution in [0.15, 0.2) is 11.4 Å². The fourth-order valence-corrected chi connectivity index (χ4v) is 2.67. The minimum absolute atomic E-state index is 0.0288. The molecule has 0 saturated heterocycles. The van der Waals surface area contributed by atoms with Crippen LogP contribution in [0.3, 0.4) is 0 Å². The summed E-state index contributed by atoms with van der Waals surface area (Å²) in [7, 11) is 1.64. The molecule has 6 nitrogen and oxygen atoms in total. The van der Waals surface area contributed by atoms with Crippen molar-refractivity contribution in [1.29, 1.82) is 0 Å². The zero-order chi connectivity index (χ0) is 14.5. The predicted octanol–water partition coefficient (Wildman–Crippen LogP) is 1.70. The van der Waals surface area contributed by atoms with Crippen LogP contribution >= 0.6 is 11.3 Å². The molecule has 2 aromatic heterocycles. The Morgan fingerprint density at radius 1 is 1.40 bits per heavy atom. The first-order chi connectivity index (χ1) is 9.69. The molecule has 0 spiro atoms. The second kappa shape index (κ2) is 6.51. The third-order valence-electron chi connectivity index (χ3n) is 2.93. The highest BCUT2D eigenvalue weighted by molar-refractivity contribution is 7.16. The molecule has 2 heterocycles. The maximum Gasteiger partial charge on any atom is 0.239 e. The van der Waals surface area contributed by atoms with E-state index in [1.165, 1.54) is 0 Å². The number of aromatic nitrogens is 2. The van der Waals surface area contributed by atoms with Crippen molar-refractivity contribution < 1.29 is 4.79 Å². The van der Waals surface area contributed by atoms with Crippen molar-refractivity contribution in [2.24, 2.45) is 0 Å². The van der Waals surface area contributed by atoms with Gasteiger partial charge < -0.3 is 15.5 Å². The van der Waals surface area contributed by atoms with Crippen LogP contribution in [-0.4, -0.2) is 42.6 Å². The van der Waals surface area contributed by atoms with Crippen LogP contribution in [0, 0.1) is 0 Å². The van der Waals surface area contributed by atoms with E-state index in [1.54, 1.807) is 18.4 Å². The van der Waals surface area contributed by atoms with Gasteiger partial charge in [0.2, 0.25) is 11.9 Å². The summed E-state index contributed by atoms with van der Waals surface area (Å²) in [6.45, 7) is 5.78. The largest absolute Gasteiger partial charge is 0.358 e. The molecule has 0 aromatic carbocycles. The van der Waals surface area contributed by atoms with Gasteiger partial charge in [0.1, 0.15) is 10.6 Å². The maximum absolute atomic E-state index is 11.6. The minimum Gasteiger partial charge on any atom is -0.358 e. The highest BCUT2D eigenvalue weighted by Crippen LogP contribution is 2.28. The first-order valence-corrected chi connectivity index (χ1v) is 7.52. The summed E-state index contributed by atoms with van der Waals surface area (Å²) in [6.07, 6.45) is 0. The summed E-state index contributed by atoms with van der Waals surface area (Å²) in [5.41, 5.74) is 0. The average molecular weight is 293 g/mol. The second-order valence-corrected chi connectivity index (χ2v) is 5.12. The van der Waals surface area contributed by atoms with Crippen LogP contribution in [-0.2, 0) is 4.79 Å². The molecule has 0 atom stereocenters. The molecule has 0 fully saturated rings. The van der Waals surface area contributed by atoms with Gasteiger partial charge >= 0.3 is 0 Å². The number of fused-ring (bicyclic) bond motifs is 1. The molecule has 0 radical (unpaired) electrons. The van der Waals surface area contributed by atoms with Gasteiger partial charge in [0.15, 0.2) is 0 Å². The Labute approximate surface area is 122 Å². The van der Waals surface area contributed by atoms with Crippen LogP contribution in [0.2, 0.25) is 0 Å². The molecule has 0 aliphatic rings. The van der Waals surface area contributed by atoms with Gasteiger partial charge in [0.05, 0.1) is 11.9 Å². The molecular formula is C13H19N5OS. The Morgan fingerprint density at radius 3 is 2.85 bits per heavy atom. The van der Waals surface area contributed by atoms with Crippen molar-refractivity contribution in [1.82, 2.24) is 15.3 Å². The van der Waals surface area contributed by atoms with Crippen LogP contribution in [0.25, 0.3) is 10.2 Å². The normalized spacial score (nSPS) is 10.6. The van der Waals surface area contributed by atoms with Crippen LogP contribution in [0.1, 0.15) is 13.8 Å². The van der Waals surface area contributed by atoms with E-state index in [9.17, 15) is 4.79 Å². The van der Waals surface area contributed by atoms with E-state index in [2.05, 4.69) is 20.6 Å². The van der Waals surface area contributed by atoms with Crippen molar-refractivity contribution in [3.05, 3.63) is 11.4 Å². The number of nitrogens with one attached hydrogen (secondary N) is 2. The summed E-state index contributed by atoms with van der Waals surface area (Å²) in [6, 6.07) is 2.00. The summed E-state index contributed by atoms with van der Waals surface area (Å²) in [5.74, 6) is 1.38. The van der Waals surface area contributed by atoms with Crippen molar-refractivity contribution in [2.45, 2.75) is 13.8 Å². The third kappa shape index (κ3) is 2.98. The maximum atomic E-state index is 11.6. The van der Waals surface area contributed by atoms with Gasteiger partial charge in [-0.1, -0.05) is 0 Å². The highest BCUT2D eigenvalue weighted by Gasteiger charge is 2.16. The van der Waals surface area contributed by atoms with E-state index in [1.807, 2.05) is 30.2 Å². The first kappa shape index (κ1) is 14.5. The molecule has 20 heavy (non-hydrogen) atoms. The summed E-state index contributed by atoms with van der Waals surface area (Å²) >= 11 is 1.58. The number of anilines is 2. The lowest BCUT2D eigenvalue weighted by Gasteiger charge is -2.22. The quantitative estimate of drug-likeness (QED) is 0.848. The van der Waals surface area contributed by atoms with Gasteiger partial charge in [-0.25, -0.2) is 4.98 Å². The lowest BCUT2D eigenvalue weighted by molar-refractivity contribution is -0.119. The van der Waals surface area contributed by atoms with Crippen LogP contribution in [0.4, 0.5) is 11.8 Å². The van der Waals surface area contributed by atoms with E-state index >= 15 is 0 Å². The fraction of sp³-hybridized carbons (Fsp3) is 0.462. The lowest BCUT2D eigenvalue weighted by Crippen LogP contribution is -2.36. The number of hydrogen-bond donors (Lipinski definition) is 2. The van der Waals surface area contributed by atoms with E-state index in [0.29, 0.717) is 19.0 Å². The zero-order valence-corrected chi connectivity index (χ0v) is 12.8. The van der Waals surface area contributed by atoms with Crippen molar-refractivity contribution >= 4 is 39.2 Å². The van der Waals surface area contributed by atoms with Crippen LogP contribution < -0.4 is 15.5 Å². The second-order valence-electron chi connectivity index (χ2n) is 4.23. The molecule has 108 valence electrons. The minimum atomic E-state index is -0.0288. The standard InChI is InChI=1S/C13H19N5OS/c1-4-15-13-16-11(9-6-7-20-12(9)17-13)18(5-2)8-10(19)14-3/h6-7H,4-5,8H2,1-3H3,(H,14,19)(H,15,16,17). The number of carbonyl (C=O) groups excluding carboxylic acids is 1.